The van der Waals surface area contributed by atoms with E-state index in [1.54, 1.807) is 42.7 Å². The van der Waals surface area contributed by atoms with Crippen molar-refractivity contribution in [2.75, 3.05) is 0 Å². The number of hydrogen-bond donors (Lipinski definition) is 2. The van der Waals surface area contributed by atoms with Crippen LogP contribution in [0, 0.1) is 6.92 Å². The smallest absolute Gasteiger partial charge is 0.416 e. The highest BCUT2D eigenvalue weighted by molar-refractivity contribution is 7.97. The number of aromatic amines is 1. The van der Waals surface area contributed by atoms with Crippen LogP contribution in [0.2, 0.25) is 5.02 Å². The number of nitrogens with one attached hydrogen (secondary N) is 1. The lowest BCUT2D eigenvalue weighted by atomic mass is 10.1. The normalized spacial score (nSPS) is 12.8. The van der Waals surface area contributed by atoms with Crippen molar-refractivity contribution in [2.24, 2.45) is 0 Å². The van der Waals surface area contributed by atoms with Gasteiger partial charge in [-0.1, -0.05) is 11.6 Å². The van der Waals surface area contributed by atoms with E-state index in [2.05, 4.69) is 9.97 Å². The van der Waals surface area contributed by atoms with E-state index in [1.807, 2.05) is 6.92 Å². The molecule has 2 aromatic carbocycles. The van der Waals surface area contributed by atoms with Crippen molar-refractivity contribution >= 4 is 39.4 Å². The highest BCUT2D eigenvalue weighted by atomic mass is 35.5. The van der Waals surface area contributed by atoms with Crippen LogP contribution in [-0.4, -0.2) is 21.0 Å². The van der Waals surface area contributed by atoms with Gasteiger partial charge >= 0.3 is 12.1 Å². The maximum absolute atomic E-state index is 13.6. The maximum Gasteiger partial charge on any atom is 0.416 e. The van der Waals surface area contributed by atoms with Gasteiger partial charge in [0.25, 0.3) is 0 Å². The Hall–Kier alpha value is -2.97. The fourth-order valence-corrected chi connectivity index (χ4v) is 5.93. The number of aromatic nitrogens is 2. The first-order valence-electron chi connectivity index (χ1n) is 9.03. The molecule has 2 heterocycles. The van der Waals surface area contributed by atoms with Gasteiger partial charge in [0.2, 0.25) is 0 Å². The minimum absolute atomic E-state index is 0.235. The number of aryl methyl sites for hydroxylation is 1. The number of carboxylic acids is 1. The number of hydrogen-bond acceptors (Lipinski definition) is 2. The summed E-state index contributed by atoms with van der Waals surface area (Å²) in [7, 11) is -1.05. The number of halogens is 4. The first-order valence-corrected chi connectivity index (χ1v) is 10.6. The second-order valence-electron chi connectivity index (χ2n) is 6.81. The van der Waals surface area contributed by atoms with Gasteiger partial charge in [0.05, 0.1) is 33.9 Å². The molecular formula is C22H15ClF3N2O2S+. The molecule has 0 saturated heterocycles. The molecule has 4 nitrogen and oxygen atoms in total. The average Bonchev–Trinajstić information content (AvgIpc) is 3.03. The van der Waals surface area contributed by atoms with Crippen molar-refractivity contribution < 1.29 is 23.1 Å². The van der Waals surface area contributed by atoms with Crippen molar-refractivity contribution in [2.45, 2.75) is 27.8 Å². The Morgan fingerprint density at radius 1 is 1.13 bits per heavy atom. The highest BCUT2D eigenvalue weighted by Gasteiger charge is 2.39. The van der Waals surface area contributed by atoms with E-state index in [-0.39, 0.29) is 4.90 Å². The molecule has 0 saturated carbocycles. The third-order valence-corrected chi connectivity index (χ3v) is 7.27. The van der Waals surface area contributed by atoms with Crippen LogP contribution in [0.5, 0.6) is 0 Å². The van der Waals surface area contributed by atoms with E-state index in [9.17, 15) is 23.1 Å². The van der Waals surface area contributed by atoms with Crippen molar-refractivity contribution in [3.8, 4) is 0 Å². The lowest BCUT2D eigenvalue weighted by Crippen LogP contribution is -2.12. The molecule has 0 amide bonds. The summed E-state index contributed by atoms with van der Waals surface area (Å²) in [6.45, 7) is 1.82. The number of carbonyl (C=O) groups is 1. The Balaban J connectivity index is 2.05. The Bertz CT molecular complexity index is 1290. The molecular weight excluding hydrogens is 449 g/mol. The second-order valence-corrected chi connectivity index (χ2v) is 9.21. The lowest BCUT2D eigenvalue weighted by molar-refractivity contribution is -0.137. The van der Waals surface area contributed by atoms with Crippen LogP contribution in [0.4, 0.5) is 13.2 Å². The van der Waals surface area contributed by atoms with E-state index in [4.69, 9.17) is 11.6 Å². The largest absolute Gasteiger partial charge is 0.478 e. The number of rotatable bonds is 4. The highest BCUT2D eigenvalue weighted by Crippen LogP contribution is 2.40. The number of nitrogens with zero attached hydrogens (tertiary/aromatic N) is 1. The van der Waals surface area contributed by atoms with E-state index in [0.717, 1.165) is 27.6 Å². The first kappa shape index (κ1) is 21.3. The Labute approximate surface area is 183 Å². The van der Waals surface area contributed by atoms with Gasteiger partial charge in [-0.3, -0.25) is 4.98 Å². The summed E-state index contributed by atoms with van der Waals surface area (Å²) in [6.07, 6.45) is -1.54. The number of fused-ring (bicyclic) bond motifs is 1. The van der Waals surface area contributed by atoms with E-state index >= 15 is 0 Å². The molecule has 0 spiro atoms. The third kappa shape index (κ3) is 4.13. The molecule has 0 fully saturated rings. The van der Waals surface area contributed by atoms with E-state index in [0.29, 0.717) is 16.0 Å². The molecule has 0 radical (unpaired) electrons. The summed E-state index contributed by atoms with van der Waals surface area (Å²) in [4.78, 5) is 20.6. The number of alkyl halides is 3. The SMILES string of the molecule is Cc1[nH]c2cc(Cl)ccc2c1[S+](c1cccnc1)c1cc(C(=O)O)cc(C(F)(F)F)c1. The third-order valence-electron chi connectivity index (χ3n) is 4.68. The predicted molar refractivity (Wildman–Crippen MR) is 113 cm³/mol. The molecule has 2 aromatic heterocycles. The average molecular weight is 464 g/mol. The lowest BCUT2D eigenvalue weighted by Gasteiger charge is -2.12. The zero-order chi connectivity index (χ0) is 22.3. The second kappa shape index (κ2) is 7.94. The van der Waals surface area contributed by atoms with E-state index in [1.165, 1.54) is 6.07 Å². The summed E-state index contributed by atoms with van der Waals surface area (Å²) in [5.41, 5.74) is 0.0571. The topological polar surface area (TPSA) is 66.0 Å². The molecule has 0 aliphatic rings. The summed E-state index contributed by atoms with van der Waals surface area (Å²) in [5.74, 6) is -1.43. The van der Waals surface area contributed by atoms with Crippen molar-refractivity contribution in [1.82, 2.24) is 9.97 Å². The van der Waals surface area contributed by atoms with Crippen LogP contribution in [0.1, 0.15) is 21.6 Å². The van der Waals surface area contributed by atoms with Gasteiger partial charge in [-0.05, 0) is 43.3 Å². The molecule has 0 aliphatic carbocycles. The maximum atomic E-state index is 13.6. The van der Waals surface area contributed by atoms with Gasteiger partial charge in [0.15, 0.2) is 14.7 Å². The fourth-order valence-electron chi connectivity index (χ4n) is 3.39. The first-order chi connectivity index (χ1) is 14.6. The van der Waals surface area contributed by atoms with Crippen molar-refractivity contribution in [1.29, 1.82) is 0 Å². The zero-order valence-electron chi connectivity index (χ0n) is 16.0. The standard InChI is InChI=1S/C22H14ClF3N2O2S/c1-12-20(18-5-4-15(23)10-19(18)28-12)31(16-3-2-6-27-11-16)17-8-13(21(29)30)7-14(9-17)22(24,25)26/h2-11,28H,1H3/p+1. The number of H-pyrrole nitrogens is 1. The van der Waals surface area contributed by atoms with Gasteiger partial charge in [-0.25, -0.2) is 4.79 Å². The number of benzene rings is 2. The predicted octanol–water partition coefficient (Wildman–Crippen LogP) is 6.34. The van der Waals surface area contributed by atoms with Crippen LogP contribution in [0.3, 0.4) is 0 Å². The summed E-state index contributed by atoms with van der Waals surface area (Å²) in [5, 5.41) is 10.8. The summed E-state index contributed by atoms with van der Waals surface area (Å²) < 4.78 is 40.7. The Kier molecular flexibility index (Phi) is 5.45. The van der Waals surface area contributed by atoms with Gasteiger partial charge < -0.3 is 10.1 Å². The monoisotopic (exact) mass is 463 g/mol. The van der Waals surface area contributed by atoms with Crippen molar-refractivity contribution in [3.63, 3.8) is 0 Å². The summed E-state index contributed by atoms with van der Waals surface area (Å²) >= 11 is 6.10. The summed E-state index contributed by atoms with van der Waals surface area (Å²) in [6, 6.07) is 11.7. The number of carboxylic acid groups (broad SMARTS) is 1. The van der Waals surface area contributed by atoms with Crippen molar-refractivity contribution in [3.05, 3.63) is 82.8 Å². The van der Waals surface area contributed by atoms with Gasteiger partial charge in [-0.2, -0.15) is 13.2 Å². The number of aromatic carboxylic acids is 1. The molecule has 2 N–H and O–H groups in total. The molecule has 1 atom stereocenters. The number of pyridine rings is 1. The van der Waals surface area contributed by atoms with E-state index < -0.39 is 34.2 Å². The van der Waals surface area contributed by atoms with Gasteiger partial charge in [-0.15, -0.1) is 0 Å². The quantitative estimate of drug-likeness (QED) is 0.347. The van der Waals surface area contributed by atoms with Crippen LogP contribution >= 0.6 is 11.6 Å². The molecule has 158 valence electrons. The molecule has 9 heteroatoms. The molecule has 0 bridgehead atoms. The molecule has 31 heavy (non-hydrogen) atoms. The molecule has 1 unspecified atom stereocenters. The fraction of sp³-hybridized carbons (Fsp3) is 0.0909. The van der Waals surface area contributed by atoms with Crippen LogP contribution < -0.4 is 0 Å². The minimum Gasteiger partial charge on any atom is -0.478 e. The molecule has 4 aromatic rings. The Morgan fingerprint density at radius 2 is 1.90 bits per heavy atom. The minimum atomic E-state index is -4.69. The van der Waals surface area contributed by atoms with Crippen LogP contribution in [-0.2, 0) is 17.1 Å². The zero-order valence-corrected chi connectivity index (χ0v) is 17.6. The van der Waals surface area contributed by atoms with Crippen LogP contribution in [0.15, 0.2) is 75.6 Å². The Morgan fingerprint density at radius 3 is 2.55 bits per heavy atom. The van der Waals surface area contributed by atoms with Gasteiger partial charge in [0.1, 0.15) is 10.9 Å². The van der Waals surface area contributed by atoms with Crippen LogP contribution in [0.25, 0.3) is 10.9 Å². The van der Waals surface area contributed by atoms with Gasteiger partial charge in [0, 0.05) is 23.4 Å². The molecule has 4 rings (SSSR count). The molecule has 0 aliphatic heterocycles.